The molecule has 1 fully saturated rings. The van der Waals surface area contributed by atoms with Crippen molar-refractivity contribution in [1.82, 2.24) is 4.31 Å². The molecule has 1 N–H and O–H groups in total. The van der Waals surface area contributed by atoms with Gasteiger partial charge < -0.3 is 5.11 Å². The normalized spacial score (nSPS) is 21.7. The third-order valence-electron chi connectivity index (χ3n) is 4.29. The maximum absolute atomic E-state index is 14.1. The Morgan fingerprint density at radius 2 is 2.17 bits per heavy atom. The lowest BCUT2D eigenvalue weighted by molar-refractivity contribution is 0.223. The fourth-order valence-electron chi connectivity index (χ4n) is 3.00. The summed E-state index contributed by atoms with van der Waals surface area (Å²) in [5, 5.41) is 22.2. The van der Waals surface area contributed by atoms with E-state index in [4.69, 9.17) is 5.26 Å². The van der Waals surface area contributed by atoms with E-state index in [9.17, 15) is 17.9 Å². The summed E-state index contributed by atoms with van der Waals surface area (Å²) >= 11 is 1.51. The van der Waals surface area contributed by atoms with E-state index in [2.05, 4.69) is 0 Å². The molecule has 8 heteroatoms. The van der Waals surface area contributed by atoms with Crippen LogP contribution in [0.1, 0.15) is 17.0 Å². The van der Waals surface area contributed by atoms with Crippen molar-refractivity contribution in [3.8, 4) is 6.07 Å². The molecular formula is C16H15FN2O3S2. The first-order valence-electron chi connectivity index (χ1n) is 7.30. The largest absolute Gasteiger partial charge is 0.396 e. The fourth-order valence-corrected chi connectivity index (χ4v) is 5.29. The van der Waals surface area contributed by atoms with Gasteiger partial charge in [0, 0.05) is 31.5 Å². The van der Waals surface area contributed by atoms with Crippen molar-refractivity contribution in [1.29, 1.82) is 5.26 Å². The Morgan fingerprint density at radius 1 is 1.38 bits per heavy atom. The van der Waals surface area contributed by atoms with Crippen molar-refractivity contribution in [2.75, 3.05) is 19.7 Å². The zero-order valence-corrected chi connectivity index (χ0v) is 14.2. The highest BCUT2D eigenvalue weighted by Gasteiger charge is 2.40. The second-order valence-electron chi connectivity index (χ2n) is 5.68. The summed E-state index contributed by atoms with van der Waals surface area (Å²) in [6, 6.07) is 7.01. The SMILES string of the molecule is N#Cc1ccc(S(=O)(=O)N2C[C@H](CO)[C@H](c3ccsc3)C2)c(F)c1. The number of thiophene rings is 1. The quantitative estimate of drug-likeness (QED) is 0.899. The average molecular weight is 366 g/mol. The average Bonchev–Trinajstić information content (AvgIpc) is 3.23. The molecule has 0 spiro atoms. The number of nitriles is 1. The number of sulfonamides is 1. The van der Waals surface area contributed by atoms with Gasteiger partial charge in [0.2, 0.25) is 10.0 Å². The number of aliphatic hydroxyl groups is 1. The number of aliphatic hydroxyl groups excluding tert-OH is 1. The maximum Gasteiger partial charge on any atom is 0.246 e. The molecule has 2 heterocycles. The predicted molar refractivity (Wildman–Crippen MR) is 87.5 cm³/mol. The van der Waals surface area contributed by atoms with Gasteiger partial charge in [-0.15, -0.1) is 0 Å². The lowest BCUT2D eigenvalue weighted by atomic mass is 9.92. The van der Waals surface area contributed by atoms with Gasteiger partial charge in [-0.25, -0.2) is 12.8 Å². The molecule has 0 bridgehead atoms. The first-order chi connectivity index (χ1) is 11.5. The summed E-state index contributed by atoms with van der Waals surface area (Å²) in [6.07, 6.45) is 0. The molecule has 0 amide bonds. The highest BCUT2D eigenvalue weighted by Crippen LogP contribution is 2.36. The third-order valence-corrected chi connectivity index (χ3v) is 6.86. The van der Waals surface area contributed by atoms with E-state index >= 15 is 0 Å². The van der Waals surface area contributed by atoms with E-state index in [-0.39, 0.29) is 37.1 Å². The topological polar surface area (TPSA) is 81.4 Å². The zero-order chi connectivity index (χ0) is 17.3. The Labute approximate surface area is 143 Å². The van der Waals surface area contributed by atoms with Crippen LogP contribution in [0.2, 0.25) is 0 Å². The van der Waals surface area contributed by atoms with Crippen molar-refractivity contribution < 1.29 is 17.9 Å². The standard InChI is InChI=1S/C16H15FN2O3S2/c17-15-5-11(6-18)1-2-16(15)24(21,22)19-7-13(9-20)14(8-19)12-3-4-23-10-12/h1-5,10,13-14,20H,7-9H2/t13-,14+/m1/s1. The van der Waals surface area contributed by atoms with E-state index in [0.29, 0.717) is 0 Å². The van der Waals surface area contributed by atoms with Crippen molar-refractivity contribution in [3.05, 3.63) is 52.0 Å². The summed E-state index contributed by atoms with van der Waals surface area (Å²) < 4.78 is 40.9. The summed E-state index contributed by atoms with van der Waals surface area (Å²) in [4.78, 5) is -0.441. The molecule has 0 aliphatic carbocycles. The molecule has 24 heavy (non-hydrogen) atoms. The number of hydrogen-bond donors (Lipinski definition) is 1. The molecule has 1 aliphatic heterocycles. The summed E-state index contributed by atoms with van der Waals surface area (Å²) in [5.74, 6) is -1.28. The highest BCUT2D eigenvalue weighted by atomic mass is 32.2. The van der Waals surface area contributed by atoms with Gasteiger partial charge in [-0.05, 0) is 40.6 Å². The van der Waals surface area contributed by atoms with Crippen LogP contribution in [0.3, 0.4) is 0 Å². The third kappa shape index (κ3) is 2.96. The summed E-state index contributed by atoms with van der Waals surface area (Å²) in [5.41, 5.74) is 1.05. The lowest BCUT2D eigenvalue weighted by Crippen LogP contribution is -2.30. The minimum atomic E-state index is -4.02. The van der Waals surface area contributed by atoms with Crippen molar-refractivity contribution in [2.24, 2.45) is 5.92 Å². The van der Waals surface area contributed by atoms with Crippen molar-refractivity contribution in [3.63, 3.8) is 0 Å². The van der Waals surface area contributed by atoms with E-state index in [0.717, 1.165) is 17.7 Å². The number of rotatable bonds is 4. The van der Waals surface area contributed by atoms with E-state index in [1.165, 1.54) is 21.7 Å². The van der Waals surface area contributed by atoms with E-state index in [1.54, 1.807) is 6.07 Å². The molecule has 0 radical (unpaired) electrons. The molecule has 126 valence electrons. The van der Waals surface area contributed by atoms with E-state index in [1.807, 2.05) is 16.8 Å². The highest BCUT2D eigenvalue weighted by molar-refractivity contribution is 7.89. The zero-order valence-electron chi connectivity index (χ0n) is 12.6. The van der Waals surface area contributed by atoms with Gasteiger partial charge >= 0.3 is 0 Å². The van der Waals surface area contributed by atoms with Gasteiger partial charge in [0.15, 0.2) is 0 Å². The van der Waals surface area contributed by atoms with Gasteiger partial charge in [0.05, 0.1) is 11.6 Å². The molecule has 2 aromatic rings. The van der Waals surface area contributed by atoms with Crippen LogP contribution in [0.25, 0.3) is 0 Å². The van der Waals surface area contributed by atoms with Crippen LogP contribution in [-0.2, 0) is 10.0 Å². The summed E-state index contributed by atoms with van der Waals surface area (Å²) in [7, 11) is -4.02. The van der Waals surface area contributed by atoms with Crippen LogP contribution < -0.4 is 0 Å². The second-order valence-corrected chi connectivity index (χ2v) is 8.37. The molecule has 1 aromatic heterocycles. The molecule has 1 saturated heterocycles. The molecule has 1 aromatic carbocycles. The minimum absolute atomic E-state index is 0.0669. The molecule has 1 aliphatic rings. The van der Waals surface area contributed by atoms with Crippen molar-refractivity contribution >= 4 is 21.4 Å². The minimum Gasteiger partial charge on any atom is -0.396 e. The number of benzene rings is 1. The Bertz CT molecular complexity index is 875. The van der Waals surface area contributed by atoms with Crippen LogP contribution in [-0.4, -0.2) is 37.5 Å². The first-order valence-corrected chi connectivity index (χ1v) is 9.68. The van der Waals surface area contributed by atoms with Crippen LogP contribution >= 0.6 is 11.3 Å². The molecule has 2 atom stereocenters. The predicted octanol–water partition coefficient (Wildman–Crippen LogP) is 2.16. The molecule has 0 saturated carbocycles. The second kappa shape index (κ2) is 6.61. The van der Waals surface area contributed by atoms with Gasteiger partial charge in [0.1, 0.15) is 10.7 Å². The Hall–Kier alpha value is -1.79. The van der Waals surface area contributed by atoms with E-state index < -0.39 is 20.7 Å². The number of halogens is 1. The number of nitrogens with zero attached hydrogens (tertiary/aromatic N) is 2. The molecule has 0 unspecified atom stereocenters. The Balaban J connectivity index is 1.92. The van der Waals surface area contributed by atoms with Crippen LogP contribution in [0.15, 0.2) is 39.9 Å². The Morgan fingerprint density at radius 3 is 2.75 bits per heavy atom. The van der Waals surface area contributed by atoms with Gasteiger partial charge in [-0.1, -0.05) is 0 Å². The van der Waals surface area contributed by atoms with Crippen molar-refractivity contribution in [2.45, 2.75) is 10.8 Å². The Kier molecular flexibility index (Phi) is 4.69. The van der Waals surface area contributed by atoms with Crippen LogP contribution in [0, 0.1) is 23.1 Å². The molecule has 3 rings (SSSR count). The van der Waals surface area contributed by atoms with Gasteiger partial charge in [-0.2, -0.15) is 20.9 Å². The van der Waals surface area contributed by atoms with Crippen LogP contribution in [0.5, 0.6) is 0 Å². The fraction of sp³-hybridized carbons (Fsp3) is 0.312. The monoisotopic (exact) mass is 366 g/mol. The first kappa shape index (κ1) is 17.0. The number of hydrogen-bond acceptors (Lipinski definition) is 5. The maximum atomic E-state index is 14.1. The van der Waals surface area contributed by atoms with Gasteiger partial charge in [-0.3, -0.25) is 0 Å². The smallest absolute Gasteiger partial charge is 0.246 e. The van der Waals surface area contributed by atoms with Gasteiger partial charge in [0.25, 0.3) is 0 Å². The van der Waals surface area contributed by atoms with Crippen LogP contribution in [0.4, 0.5) is 4.39 Å². The summed E-state index contributed by atoms with van der Waals surface area (Å²) in [6.45, 7) is 0.199. The molecular weight excluding hydrogens is 351 g/mol. The molecule has 5 nitrogen and oxygen atoms in total. The lowest BCUT2D eigenvalue weighted by Gasteiger charge is -2.17.